The molecule has 2 aromatic rings. The monoisotopic (exact) mass is 350 g/mol. The van der Waals surface area contributed by atoms with Crippen molar-refractivity contribution in [2.45, 2.75) is 38.0 Å². The van der Waals surface area contributed by atoms with Gasteiger partial charge in [-0.25, -0.2) is 4.98 Å². The predicted molar refractivity (Wildman–Crippen MR) is 101 cm³/mol. The molecule has 2 aliphatic carbocycles. The number of aromatic amines is 1. The van der Waals surface area contributed by atoms with E-state index < -0.39 is 0 Å². The van der Waals surface area contributed by atoms with E-state index in [-0.39, 0.29) is 17.7 Å². The van der Waals surface area contributed by atoms with E-state index in [4.69, 9.17) is 4.98 Å². The zero-order chi connectivity index (χ0) is 17.9. The topological polar surface area (TPSA) is 70.7 Å². The van der Waals surface area contributed by atoms with Gasteiger partial charge >= 0.3 is 0 Å². The number of nitrogens with zero attached hydrogens (tertiary/aromatic N) is 2. The van der Waals surface area contributed by atoms with Gasteiger partial charge in [0.1, 0.15) is 5.82 Å². The van der Waals surface area contributed by atoms with Crippen molar-refractivity contribution in [1.29, 1.82) is 0 Å². The lowest BCUT2D eigenvalue weighted by molar-refractivity contribution is -0.127. The Morgan fingerprint density at radius 1 is 1.23 bits per heavy atom. The molecule has 2 aliphatic rings. The minimum Gasteiger partial charge on any atom is -0.352 e. The minimum atomic E-state index is 0.00599. The van der Waals surface area contributed by atoms with E-state index in [1.54, 1.807) is 6.08 Å². The van der Waals surface area contributed by atoms with Crippen LogP contribution in [0, 0.1) is 17.8 Å². The molecule has 0 unspecified atom stereocenters. The van der Waals surface area contributed by atoms with Crippen LogP contribution >= 0.6 is 0 Å². The zero-order valence-electron chi connectivity index (χ0n) is 15.0. The molecule has 5 heteroatoms. The van der Waals surface area contributed by atoms with Crippen LogP contribution < -0.4 is 5.32 Å². The first-order valence-electron chi connectivity index (χ1n) is 9.60. The van der Waals surface area contributed by atoms with Gasteiger partial charge in [0.2, 0.25) is 5.91 Å². The Labute approximate surface area is 154 Å². The third-order valence-electron chi connectivity index (χ3n) is 5.98. The Kier molecular flexibility index (Phi) is 4.87. The van der Waals surface area contributed by atoms with Crippen molar-refractivity contribution in [2.24, 2.45) is 17.8 Å². The van der Waals surface area contributed by atoms with E-state index >= 15 is 0 Å². The van der Waals surface area contributed by atoms with Gasteiger partial charge in [-0.3, -0.25) is 9.89 Å². The maximum Gasteiger partial charge on any atom is 0.224 e. The normalized spacial score (nSPS) is 26.8. The number of nitrogens with one attached hydrogen (secondary N) is 2. The quantitative estimate of drug-likeness (QED) is 0.754. The molecule has 0 aliphatic heterocycles. The second kappa shape index (κ2) is 7.44. The van der Waals surface area contributed by atoms with Gasteiger partial charge in [-0.1, -0.05) is 36.4 Å². The number of carbonyl (C=O) groups excluding carboxylic acids is 1. The van der Waals surface area contributed by atoms with Gasteiger partial charge in [0.25, 0.3) is 0 Å². The van der Waals surface area contributed by atoms with Crippen molar-refractivity contribution in [3.05, 3.63) is 60.2 Å². The molecule has 1 heterocycles. The van der Waals surface area contributed by atoms with E-state index in [2.05, 4.69) is 46.4 Å². The van der Waals surface area contributed by atoms with Crippen LogP contribution in [-0.4, -0.2) is 27.6 Å². The SMILES string of the molecule is C=CCNC(=O)[C@H]1[C@H]2CC[C@@H](C2)[C@H]1c1n[nH]c(CCc2ccccc2)n1. The molecular formula is C21H26N4O. The first kappa shape index (κ1) is 17.0. The summed E-state index contributed by atoms with van der Waals surface area (Å²) in [7, 11) is 0. The molecule has 2 bridgehead atoms. The number of hydrogen-bond acceptors (Lipinski definition) is 3. The summed E-state index contributed by atoms with van der Waals surface area (Å²) < 4.78 is 0. The van der Waals surface area contributed by atoms with E-state index in [1.807, 2.05) is 6.07 Å². The van der Waals surface area contributed by atoms with Gasteiger partial charge in [-0.05, 0) is 43.1 Å². The summed E-state index contributed by atoms with van der Waals surface area (Å²) in [6.07, 6.45) is 6.98. The molecule has 2 N–H and O–H groups in total. The summed E-state index contributed by atoms with van der Waals surface area (Å²) >= 11 is 0. The van der Waals surface area contributed by atoms with Gasteiger partial charge in [-0.15, -0.1) is 6.58 Å². The minimum absolute atomic E-state index is 0.00599. The van der Waals surface area contributed by atoms with E-state index in [9.17, 15) is 4.79 Å². The number of fused-ring (bicyclic) bond motifs is 2. The Balaban J connectivity index is 1.46. The van der Waals surface area contributed by atoms with Crippen molar-refractivity contribution in [2.75, 3.05) is 6.54 Å². The standard InChI is InChI=1S/C21H26N4O/c1-2-12-22-21(26)19-16-10-9-15(13-16)18(19)20-23-17(24-25-20)11-8-14-6-4-3-5-7-14/h2-7,15-16,18-19H,1,8-13H2,(H,22,26)(H,23,24,25)/t15-,16-,18+,19-/m0/s1. The smallest absolute Gasteiger partial charge is 0.224 e. The van der Waals surface area contributed by atoms with Gasteiger partial charge in [0, 0.05) is 18.9 Å². The third kappa shape index (κ3) is 3.30. The summed E-state index contributed by atoms with van der Waals surface area (Å²) in [5, 5.41) is 10.6. The first-order valence-corrected chi connectivity index (χ1v) is 9.60. The molecule has 2 saturated carbocycles. The molecule has 5 nitrogen and oxygen atoms in total. The van der Waals surface area contributed by atoms with Crippen molar-refractivity contribution >= 4 is 5.91 Å². The number of hydrogen-bond donors (Lipinski definition) is 2. The number of aromatic nitrogens is 3. The molecule has 1 aromatic heterocycles. The third-order valence-corrected chi connectivity index (χ3v) is 5.98. The van der Waals surface area contributed by atoms with Crippen LogP contribution in [0.4, 0.5) is 0 Å². The second-order valence-corrected chi connectivity index (χ2v) is 7.54. The lowest BCUT2D eigenvalue weighted by Crippen LogP contribution is -2.37. The fourth-order valence-electron chi connectivity index (χ4n) is 4.81. The number of benzene rings is 1. The number of aryl methyl sites for hydroxylation is 2. The average molecular weight is 350 g/mol. The highest BCUT2D eigenvalue weighted by molar-refractivity contribution is 5.80. The van der Waals surface area contributed by atoms with Crippen LogP contribution in [0.25, 0.3) is 0 Å². The molecule has 0 radical (unpaired) electrons. The van der Waals surface area contributed by atoms with E-state index in [1.165, 1.54) is 12.0 Å². The molecule has 4 rings (SSSR count). The Morgan fingerprint density at radius 3 is 2.85 bits per heavy atom. The second-order valence-electron chi connectivity index (χ2n) is 7.54. The van der Waals surface area contributed by atoms with Gasteiger partial charge in [0.05, 0.1) is 5.92 Å². The van der Waals surface area contributed by atoms with Gasteiger partial charge < -0.3 is 5.32 Å². The Hall–Kier alpha value is -2.43. The van der Waals surface area contributed by atoms with Crippen molar-refractivity contribution in [1.82, 2.24) is 20.5 Å². The summed E-state index contributed by atoms with van der Waals surface area (Å²) in [5.74, 6) is 3.05. The lowest BCUT2D eigenvalue weighted by atomic mass is 9.78. The Morgan fingerprint density at radius 2 is 2.04 bits per heavy atom. The predicted octanol–water partition coefficient (Wildman–Crippen LogP) is 3.02. The lowest BCUT2D eigenvalue weighted by Gasteiger charge is -2.28. The van der Waals surface area contributed by atoms with E-state index in [0.717, 1.165) is 37.3 Å². The highest BCUT2D eigenvalue weighted by Crippen LogP contribution is 2.56. The van der Waals surface area contributed by atoms with Crippen molar-refractivity contribution in [3.8, 4) is 0 Å². The maximum absolute atomic E-state index is 12.7. The first-order chi connectivity index (χ1) is 12.8. The van der Waals surface area contributed by atoms with Crippen LogP contribution in [-0.2, 0) is 17.6 Å². The molecule has 26 heavy (non-hydrogen) atoms. The van der Waals surface area contributed by atoms with Crippen LogP contribution in [0.15, 0.2) is 43.0 Å². The summed E-state index contributed by atoms with van der Waals surface area (Å²) in [5.41, 5.74) is 1.30. The molecule has 0 spiro atoms. The maximum atomic E-state index is 12.7. The molecule has 2 fully saturated rings. The van der Waals surface area contributed by atoms with Gasteiger partial charge in [-0.2, -0.15) is 5.10 Å². The summed E-state index contributed by atoms with van der Waals surface area (Å²) in [4.78, 5) is 17.4. The van der Waals surface area contributed by atoms with E-state index in [0.29, 0.717) is 18.4 Å². The van der Waals surface area contributed by atoms with Gasteiger partial charge in [0.15, 0.2) is 5.82 Å². The average Bonchev–Trinajstić information content (AvgIpc) is 3.40. The highest BCUT2D eigenvalue weighted by atomic mass is 16.1. The molecule has 1 aromatic carbocycles. The molecular weight excluding hydrogens is 324 g/mol. The summed E-state index contributed by atoms with van der Waals surface area (Å²) in [6, 6.07) is 10.4. The number of amides is 1. The fraction of sp³-hybridized carbons (Fsp3) is 0.476. The summed E-state index contributed by atoms with van der Waals surface area (Å²) in [6.45, 7) is 4.21. The van der Waals surface area contributed by atoms with Crippen molar-refractivity contribution in [3.63, 3.8) is 0 Å². The molecule has 4 atom stereocenters. The fourth-order valence-corrected chi connectivity index (χ4v) is 4.81. The number of carbonyl (C=O) groups is 1. The van der Waals surface area contributed by atoms with Crippen LogP contribution in [0.2, 0.25) is 0 Å². The van der Waals surface area contributed by atoms with Crippen LogP contribution in [0.1, 0.15) is 42.4 Å². The number of rotatable bonds is 7. The van der Waals surface area contributed by atoms with Crippen LogP contribution in [0.5, 0.6) is 0 Å². The molecule has 1 amide bonds. The largest absolute Gasteiger partial charge is 0.352 e. The molecule has 0 saturated heterocycles. The zero-order valence-corrected chi connectivity index (χ0v) is 15.0. The molecule has 136 valence electrons. The number of H-pyrrole nitrogens is 1. The highest BCUT2D eigenvalue weighted by Gasteiger charge is 2.52. The Bertz CT molecular complexity index is 769. The van der Waals surface area contributed by atoms with Crippen molar-refractivity contribution < 1.29 is 4.79 Å². The van der Waals surface area contributed by atoms with Crippen LogP contribution in [0.3, 0.4) is 0 Å².